The van der Waals surface area contributed by atoms with E-state index in [0.717, 1.165) is 11.1 Å². The molecular weight excluding hydrogens is 468 g/mol. The van der Waals surface area contributed by atoms with Crippen LogP contribution in [0.15, 0.2) is 59.5 Å². The van der Waals surface area contributed by atoms with Crippen molar-refractivity contribution < 1.29 is 27.8 Å². The highest BCUT2D eigenvalue weighted by Gasteiger charge is 2.32. The van der Waals surface area contributed by atoms with Gasteiger partial charge in [-0.25, -0.2) is 13.2 Å². The number of rotatable bonds is 11. The summed E-state index contributed by atoms with van der Waals surface area (Å²) in [4.78, 5) is 12.8. The number of alkyl carbamates (subject to hydrolysis) is 1. The van der Waals surface area contributed by atoms with Gasteiger partial charge in [-0.15, -0.1) is 0 Å². The van der Waals surface area contributed by atoms with Gasteiger partial charge >= 0.3 is 6.09 Å². The molecule has 9 heteroatoms. The van der Waals surface area contributed by atoms with Crippen LogP contribution >= 0.6 is 0 Å². The third kappa shape index (κ3) is 8.03. The van der Waals surface area contributed by atoms with E-state index in [0.29, 0.717) is 26.1 Å². The van der Waals surface area contributed by atoms with Crippen LogP contribution in [-0.2, 0) is 25.9 Å². The van der Waals surface area contributed by atoms with Gasteiger partial charge in [-0.2, -0.15) is 4.31 Å². The van der Waals surface area contributed by atoms with Gasteiger partial charge < -0.3 is 19.9 Å². The zero-order valence-electron chi connectivity index (χ0n) is 20.6. The fourth-order valence-electron chi connectivity index (χ4n) is 3.97. The molecule has 8 nitrogen and oxygen atoms in total. The van der Waals surface area contributed by atoms with Crippen molar-refractivity contribution in [2.24, 2.45) is 5.92 Å². The predicted molar refractivity (Wildman–Crippen MR) is 134 cm³/mol. The standard InChI is InChI=1S/C26H36N2O6S/c1-19(2)16-28(35(31,32)23-11-9-20(3)10-12-23)17-25(29)24(15-21-7-5-4-6-8-21)27-26(30)34-22-13-14-33-18-22/h4-12,19,22,24-25,29H,13-18H2,1-3H3,(H,27,30)/t22?,24-,25+/m0/s1. The summed E-state index contributed by atoms with van der Waals surface area (Å²) in [6.07, 6.45) is -1.21. The van der Waals surface area contributed by atoms with E-state index in [1.165, 1.54) is 4.31 Å². The Labute approximate surface area is 208 Å². The molecule has 0 spiro atoms. The molecule has 3 atom stereocenters. The van der Waals surface area contributed by atoms with Gasteiger partial charge in [-0.1, -0.05) is 61.9 Å². The smallest absolute Gasteiger partial charge is 0.407 e. The number of aliphatic hydroxyl groups is 1. The first-order chi connectivity index (χ1) is 16.6. The Morgan fingerprint density at radius 2 is 1.83 bits per heavy atom. The zero-order valence-corrected chi connectivity index (χ0v) is 21.4. The fraction of sp³-hybridized carbons (Fsp3) is 0.500. The van der Waals surface area contributed by atoms with Crippen LogP contribution in [0.1, 0.15) is 31.4 Å². The SMILES string of the molecule is Cc1ccc(S(=O)(=O)N(CC(C)C)C[C@@H](O)[C@H](Cc2ccccc2)NC(=O)OC2CCOC2)cc1. The molecule has 1 aliphatic rings. The molecular formula is C26H36N2O6S. The highest BCUT2D eigenvalue weighted by atomic mass is 32.2. The summed E-state index contributed by atoms with van der Waals surface area (Å²) in [6.45, 7) is 6.68. The summed E-state index contributed by atoms with van der Waals surface area (Å²) in [6, 6.07) is 15.3. The van der Waals surface area contributed by atoms with Crippen LogP contribution in [0.3, 0.4) is 0 Å². The number of carbonyl (C=O) groups is 1. The van der Waals surface area contributed by atoms with Gasteiger partial charge in [0.15, 0.2) is 0 Å². The quantitative estimate of drug-likeness (QED) is 0.487. The van der Waals surface area contributed by atoms with E-state index in [4.69, 9.17) is 9.47 Å². The molecule has 1 amide bonds. The van der Waals surface area contributed by atoms with Crippen LogP contribution in [0.2, 0.25) is 0 Å². The zero-order chi connectivity index (χ0) is 25.4. The van der Waals surface area contributed by atoms with E-state index in [1.807, 2.05) is 51.1 Å². The number of nitrogens with zero attached hydrogens (tertiary/aromatic N) is 1. The lowest BCUT2D eigenvalue weighted by molar-refractivity contribution is 0.0644. The van der Waals surface area contributed by atoms with Crippen molar-refractivity contribution >= 4 is 16.1 Å². The number of aliphatic hydroxyl groups excluding tert-OH is 1. The molecule has 0 bridgehead atoms. The first-order valence-corrected chi connectivity index (χ1v) is 13.4. The molecule has 35 heavy (non-hydrogen) atoms. The molecule has 1 heterocycles. The van der Waals surface area contributed by atoms with E-state index < -0.39 is 28.3 Å². The summed E-state index contributed by atoms with van der Waals surface area (Å²) < 4.78 is 38.9. The van der Waals surface area contributed by atoms with Gasteiger partial charge in [0, 0.05) is 19.5 Å². The number of hydrogen-bond acceptors (Lipinski definition) is 6. The highest BCUT2D eigenvalue weighted by molar-refractivity contribution is 7.89. The molecule has 2 N–H and O–H groups in total. The lowest BCUT2D eigenvalue weighted by Crippen LogP contribution is -2.51. The van der Waals surface area contributed by atoms with Crippen molar-refractivity contribution in [1.82, 2.24) is 9.62 Å². The van der Waals surface area contributed by atoms with Crippen molar-refractivity contribution in [3.63, 3.8) is 0 Å². The topological polar surface area (TPSA) is 105 Å². The average molecular weight is 505 g/mol. The maximum Gasteiger partial charge on any atom is 0.407 e. The van der Waals surface area contributed by atoms with Crippen LogP contribution in [-0.4, -0.2) is 68.5 Å². The lowest BCUT2D eigenvalue weighted by Gasteiger charge is -2.30. The Bertz CT molecular complexity index is 1040. The van der Waals surface area contributed by atoms with Crippen molar-refractivity contribution in [1.29, 1.82) is 0 Å². The molecule has 1 saturated heterocycles. The van der Waals surface area contributed by atoms with Gasteiger partial charge in [-0.05, 0) is 37.0 Å². The molecule has 1 fully saturated rings. The average Bonchev–Trinajstić information content (AvgIpc) is 3.31. The van der Waals surface area contributed by atoms with Crippen LogP contribution < -0.4 is 5.32 Å². The van der Waals surface area contributed by atoms with Crippen LogP contribution in [0, 0.1) is 12.8 Å². The number of benzene rings is 2. The van der Waals surface area contributed by atoms with Crippen LogP contribution in [0.4, 0.5) is 4.79 Å². The number of hydrogen-bond donors (Lipinski definition) is 2. The Kier molecular flexibility index (Phi) is 9.68. The summed E-state index contributed by atoms with van der Waals surface area (Å²) in [5, 5.41) is 14.0. The van der Waals surface area contributed by atoms with E-state index >= 15 is 0 Å². The summed E-state index contributed by atoms with van der Waals surface area (Å²) in [5.41, 5.74) is 1.86. The van der Waals surface area contributed by atoms with Gasteiger partial charge in [-0.3, -0.25) is 0 Å². The minimum absolute atomic E-state index is 0.0373. The second-order valence-corrected chi connectivity index (χ2v) is 11.4. The molecule has 1 aliphatic heterocycles. The number of sulfonamides is 1. The summed E-state index contributed by atoms with van der Waals surface area (Å²) in [5.74, 6) is 0.0373. The van der Waals surface area contributed by atoms with Crippen LogP contribution in [0.5, 0.6) is 0 Å². The molecule has 192 valence electrons. The Morgan fingerprint density at radius 3 is 2.43 bits per heavy atom. The number of nitrogens with one attached hydrogen (secondary N) is 1. The maximum absolute atomic E-state index is 13.4. The molecule has 2 aromatic rings. The Hall–Kier alpha value is -2.46. The Morgan fingerprint density at radius 1 is 1.14 bits per heavy atom. The van der Waals surface area contributed by atoms with Gasteiger partial charge in [0.25, 0.3) is 0 Å². The molecule has 0 aliphatic carbocycles. The number of amides is 1. The first kappa shape index (κ1) is 27.1. The number of carbonyl (C=O) groups excluding carboxylic acids is 1. The largest absolute Gasteiger partial charge is 0.444 e. The highest BCUT2D eigenvalue weighted by Crippen LogP contribution is 2.20. The predicted octanol–water partition coefficient (Wildman–Crippen LogP) is 3.13. The van der Waals surface area contributed by atoms with Crippen molar-refractivity contribution in [3.8, 4) is 0 Å². The normalized spacial score (nSPS) is 17.9. The third-order valence-electron chi connectivity index (χ3n) is 5.85. The minimum atomic E-state index is -3.85. The lowest BCUT2D eigenvalue weighted by atomic mass is 10.0. The van der Waals surface area contributed by atoms with Crippen LogP contribution in [0.25, 0.3) is 0 Å². The molecule has 2 aromatic carbocycles. The van der Waals surface area contributed by atoms with E-state index in [9.17, 15) is 18.3 Å². The molecule has 3 rings (SSSR count). The third-order valence-corrected chi connectivity index (χ3v) is 7.69. The fourth-order valence-corrected chi connectivity index (χ4v) is 5.59. The van der Waals surface area contributed by atoms with E-state index in [2.05, 4.69) is 5.32 Å². The molecule has 1 unspecified atom stereocenters. The summed E-state index contributed by atoms with van der Waals surface area (Å²) >= 11 is 0. The minimum Gasteiger partial charge on any atom is -0.444 e. The van der Waals surface area contributed by atoms with Crippen molar-refractivity contribution in [2.75, 3.05) is 26.3 Å². The van der Waals surface area contributed by atoms with Gasteiger partial charge in [0.1, 0.15) is 6.10 Å². The van der Waals surface area contributed by atoms with Gasteiger partial charge in [0.05, 0.1) is 30.3 Å². The Balaban J connectivity index is 1.80. The van der Waals surface area contributed by atoms with E-state index in [-0.39, 0.29) is 30.0 Å². The van der Waals surface area contributed by atoms with Crippen molar-refractivity contribution in [2.45, 2.75) is 56.8 Å². The number of aryl methyl sites for hydroxylation is 1. The maximum atomic E-state index is 13.4. The second kappa shape index (κ2) is 12.5. The van der Waals surface area contributed by atoms with Crippen molar-refractivity contribution in [3.05, 3.63) is 65.7 Å². The second-order valence-electron chi connectivity index (χ2n) is 9.43. The first-order valence-electron chi connectivity index (χ1n) is 12.0. The summed E-state index contributed by atoms with van der Waals surface area (Å²) in [7, 11) is -3.85. The molecule has 0 radical (unpaired) electrons. The number of ether oxygens (including phenoxy) is 2. The van der Waals surface area contributed by atoms with E-state index in [1.54, 1.807) is 24.3 Å². The van der Waals surface area contributed by atoms with Gasteiger partial charge in [0.2, 0.25) is 10.0 Å². The monoisotopic (exact) mass is 504 g/mol. The molecule has 0 aromatic heterocycles. The molecule has 0 saturated carbocycles.